The number of hydrogen-bond donors (Lipinski definition) is 2. The second-order valence-corrected chi connectivity index (χ2v) is 9.54. The maximum absolute atomic E-state index is 13.5. The molecule has 0 aliphatic carbocycles. The molecule has 198 valence electrons. The number of methoxy groups -OCH3 is 1. The van der Waals surface area contributed by atoms with Crippen molar-refractivity contribution in [2.75, 3.05) is 19.0 Å². The smallest absolute Gasteiger partial charge is 0.256 e. The number of hydrogen-bond acceptors (Lipinski definition) is 5. The molecule has 0 saturated carbocycles. The average Bonchev–Trinajstić information content (AvgIpc) is 2.91. The first-order chi connectivity index (χ1) is 18.7. The molecule has 1 aromatic heterocycles. The normalized spacial score (nSPS) is 11.3. The molecule has 2 N–H and O–H groups in total. The lowest BCUT2D eigenvalue weighted by atomic mass is 9.99. The number of fused-ring (bicyclic) bond motifs is 1. The van der Waals surface area contributed by atoms with E-state index in [1.54, 1.807) is 43.3 Å². The Morgan fingerprint density at radius 1 is 1.03 bits per heavy atom. The molecule has 0 aliphatic rings. The highest BCUT2D eigenvalue weighted by Gasteiger charge is 2.17. The third-order valence-corrected chi connectivity index (χ3v) is 6.44. The predicted molar refractivity (Wildman–Crippen MR) is 158 cm³/mol. The monoisotopic (exact) mass is 540 g/mol. The van der Waals surface area contributed by atoms with E-state index in [0.29, 0.717) is 39.1 Å². The van der Waals surface area contributed by atoms with E-state index >= 15 is 0 Å². The molecule has 8 heteroatoms. The zero-order chi connectivity index (χ0) is 28.1. The van der Waals surface area contributed by atoms with Gasteiger partial charge in [-0.1, -0.05) is 48.0 Å². The number of aryl methyl sites for hydroxylation is 2. The molecule has 0 spiro atoms. The third kappa shape index (κ3) is 6.51. The summed E-state index contributed by atoms with van der Waals surface area (Å²) in [4.78, 5) is 35.1. The number of rotatable bonds is 7. The van der Waals surface area contributed by atoms with Crippen LogP contribution in [-0.4, -0.2) is 36.4 Å². The summed E-state index contributed by atoms with van der Waals surface area (Å²) in [5.41, 5.74) is 6.04. The van der Waals surface area contributed by atoms with Crippen LogP contribution in [0.15, 0.2) is 84.0 Å². The van der Waals surface area contributed by atoms with Gasteiger partial charge in [-0.3, -0.25) is 9.59 Å². The maximum atomic E-state index is 13.5. The van der Waals surface area contributed by atoms with E-state index in [1.165, 1.54) is 7.11 Å². The minimum Gasteiger partial charge on any atom is -0.484 e. The number of amides is 2. The van der Waals surface area contributed by atoms with Gasteiger partial charge in [0.1, 0.15) is 0 Å². The molecule has 4 aromatic rings. The number of nitrogens with zero attached hydrogens (tertiary/aromatic N) is 2. The molecule has 0 saturated heterocycles. The Morgan fingerprint density at radius 2 is 1.74 bits per heavy atom. The van der Waals surface area contributed by atoms with Gasteiger partial charge in [0.2, 0.25) is 0 Å². The molecule has 0 fully saturated rings. The Labute approximate surface area is 232 Å². The van der Waals surface area contributed by atoms with Gasteiger partial charge in [0, 0.05) is 34.1 Å². The van der Waals surface area contributed by atoms with Gasteiger partial charge in [-0.2, -0.15) is 0 Å². The highest BCUT2D eigenvalue weighted by Crippen LogP contribution is 2.32. The summed E-state index contributed by atoms with van der Waals surface area (Å²) in [5.74, 6) is -0.115. The summed E-state index contributed by atoms with van der Waals surface area (Å²) in [6.07, 6.45) is 0. The van der Waals surface area contributed by atoms with Gasteiger partial charge in [0.25, 0.3) is 11.8 Å². The topological polar surface area (TPSA) is 92.7 Å². The van der Waals surface area contributed by atoms with Crippen molar-refractivity contribution in [2.24, 2.45) is 4.99 Å². The number of aliphatic imine (C=N–C) groups is 1. The molecule has 0 aliphatic heterocycles. The molecule has 0 radical (unpaired) electrons. The van der Waals surface area contributed by atoms with Crippen LogP contribution in [0, 0.1) is 13.8 Å². The van der Waals surface area contributed by atoms with E-state index in [9.17, 15) is 9.59 Å². The van der Waals surface area contributed by atoms with Gasteiger partial charge < -0.3 is 15.4 Å². The fourth-order valence-electron chi connectivity index (χ4n) is 4.17. The minimum absolute atomic E-state index is 0.180. The highest BCUT2D eigenvalue weighted by atomic mass is 35.5. The van der Waals surface area contributed by atoms with Crippen molar-refractivity contribution in [2.45, 2.75) is 20.8 Å². The van der Waals surface area contributed by atoms with Gasteiger partial charge >= 0.3 is 0 Å². The van der Waals surface area contributed by atoms with Crippen LogP contribution < -0.4 is 10.6 Å². The van der Waals surface area contributed by atoms with Crippen molar-refractivity contribution in [3.8, 4) is 11.3 Å². The Hall–Kier alpha value is -4.49. The van der Waals surface area contributed by atoms with Gasteiger partial charge in [-0.25, -0.2) is 9.98 Å². The van der Waals surface area contributed by atoms with Crippen LogP contribution in [-0.2, 0) is 4.74 Å². The number of aromatic nitrogens is 1. The maximum Gasteiger partial charge on any atom is 0.256 e. The van der Waals surface area contributed by atoms with Crippen LogP contribution in [0.5, 0.6) is 0 Å². The van der Waals surface area contributed by atoms with Crippen molar-refractivity contribution in [3.05, 3.63) is 106 Å². The Kier molecular flexibility index (Phi) is 8.42. The van der Waals surface area contributed by atoms with Crippen molar-refractivity contribution in [1.82, 2.24) is 10.3 Å². The summed E-state index contributed by atoms with van der Waals surface area (Å²) in [6.45, 7) is 9.65. The third-order valence-electron chi connectivity index (χ3n) is 6.11. The lowest BCUT2D eigenvalue weighted by molar-refractivity contribution is 0.0956. The lowest BCUT2D eigenvalue weighted by Gasteiger charge is -2.14. The summed E-state index contributed by atoms with van der Waals surface area (Å²) in [5, 5.41) is 7.02. The second-order valence-electron chi connectivity index (χ2n) is 9.13. The highest BCUT2D eigenvalue weighted by molar-refractivity contribution is 6.33. The Balaban J connectivity index is 1.58. The minimum atomic E-state index is -0.291. The van der Waals surface area contributed by atoms with Crippen LogP contribution in [0.25, 0.3) is 22.2 Å². The van der Waals surface area contributed by atoms with Gasteiger partial charge in [-0.05, 0) is 61.9 Å². The van der Waals surface area contributed by atoms with E-state index in [0.717, 1.165) is 27.6 Å². The molecule has 0 unspecified atom stereocenters. The SMILES string of the molecule is C=C(CNC(=O)c1ccc(NC(=O)c2cc(-c3ccccc3Cl)nc3c(C)cc(C)cc23)cc1)N=C(C)OC. The quantitative estimate of drug-likeness (QED) is 0.201. The molecule has 2 amide bonds. The van der Waals surface area contributed by atoms with Gasteiger partial charge in [0.05, 0.1) is 36.1 Å². The number of nitrogens with one attached hydrogen (secondary N) is 2. The predicted octanol–water partition coefficient (Wildman–Crippen LogP) is 6.73. The van der Waals surface area contributed by atoms with Crippen molar-refractivity contribution >= 4 is 45.9 Å². The van der Waals surface area contributed by atoms with Gasteiger partial charge in [-0.15, -0.1) is 0 Å². The largest absolute Gasteiger partial charge is 0.484 e. The number of ether oxygens (including phenoxy) is 1. The van der Waals surface area contributed by atoms with Gasteiger partial charge in [0.15, 0.2) is 5.90 Å². The van der Waals surface area contributed by atoms with Crippen molar-refractivity contribution in [3.63, 3.8) is 0 Å². The number of halogens is 1. The molecule has 3 aromatic carbocycles. The zero-order valence-electron chi connectivity index (χ0n) is 22.3. The summed E-state index contributed by atoms with van der Waals surface area (Å²) in [7, 11) is 1.52. The van der Waals surface area contributed by atoms with E-state index in [-0.39, 0.29) is 18.4 Å². The average molecular weight is 541 g/mol. The van der Waals surface area contributed by atoms with E-state index < -0.39 is 0 Å². The molecular formula is C31H29ClN4O3. The second kappa shape index (κ2) is 11.9. The summed E-state index contributed by atoms with van der Waals surface area (Å²) < 4.78 is 4.99. The number of anilines is 1. The zero-order valence-corrected chi connectivity index (χ0v) is 23.0. The van der Waals surface area contributed by atoms with Crippen molar-refractivity contribution < 1.29 is 14.3 Å². The standard InChI is InChI=1S/C31H29ClN4O3/c1-18-14-19(2)29-25(15-18)26(16-28(36-29)24-8-6-7-9-27(24)32)31(38)35-23-12-10-22(11-13-23)30(37)33-17-20(3)34-21(4)39-5/h6-16H,3,17H2,1-2,4-5H3,(H,33,37)(H,35,38). The van der Waals surface area contributed by atoms with Crippen LogP contribution in [0.3, 0.4) is 0 Å². The molecule has 4 rings (SSSR count). The number of carbonyl (C=O) groups excluding carboxylic acids is 2. The van der Waals surface area contributed by atoms with E-state index in [1.807, 2.05) is 44.2 Å². The first-order valence-corrected chi connectivity index (χ1v) is 12.7. The van der Waals surface area contributed by atoms with Crippen LogP contribution in [0.1, 0.15) is 38.8 Å². The first-order valence-electron chi connectivity index (χ1n) is 12.3. The number of pyridine rings is 1. The lowest BCUT2D eigenvalue weighted by Crippen LogP contribution is -2.25. The van der Waals surface area contributed by atoms with Crippen LogP contribution >= 0.6 is 11.6 Å². The van der Waals surface area contributed by atoms with E-state index in [4.69, 9.17) is 21.3 Å². The summed E-state index contributed by atoms with van der Waals surface area (Å²) >= 11 is 6.46. The fourth-order valence-corrected chi connectivity index (χ4v) is 4.40. The molecule has 0 bridgehead atoms. The number of carbonyl (C=O) groups is 2. The van der Waals surface area contributed by atoms with Crippen LogP contribution in [0.4, 0.5) is 5.69 Å². The van der Waals surface area contributed by atoms with E-state index in [2.05, 4.69) is 22.2 Å². The van der Waals surface area contributed by atoms with Crippen LogP contribution in [0.2, 0.25) is 5.02 Å². The molecular weight excluding hydrogens is 512 g/mol. The molecule has 7 nitrogen and oxygen atoms in total. The first kappa shape index (κ1) is 27.5. The molecule has 0 atom stereocenters. The molecule has 39 heavy (non-hydrogen) atoms. The number of benzene rings is 3. The fraction of sp³-hybridized carbons (Fsp3) is 0.161. The molecule has 1 heterocycles. The Bertz CT molecular complexity index is 1610. The summed E-state index contributed by atoms with van der Waals surface area (Å²) in [6, 6.07) is 19.8. The van der Waals surface area contributed by atoms with Crippen molar-refractivity contribution in [1.29, 1.82) is 0 Å². The Morgan fingerprint density at radius 3 is 2.44 bits per heavy atom.